The van der Waals surface area contributed by atoms with Crippen molar-refractivity contribution in [2.45, 2.75) is 77.1 Å². The van der Waals surface area contributed by atoms with Crippen molar-refractivity contribution in [1.82, 2.24) is 0 Å². The second-order valence-electron chi connectivity index (χ2n) is 7.86. The summed E-state index contributed by atoms with van der Waals surface area (Å²) in [6.07, 6.45) is 3.10. The molecule has 0 fully saturated rings. The van der Waals surface area contributed by atoms with Crippen LogP contribution in [0.25, 0.3) is 5.57 Å². The summed E-state index contributed by atoms with van der Waals surface area (Å²) in [5.74, 6) is 0.722. The highest BCUT2D eigenvalue weighted by Crippen LogP contribution is 2.52. The number of unbranched alkanes of at least 4 members (excludes halogenated alkanes) is 1. The van der Waals surface area contributed by atoms with Crippen molar-refractivity contribution in [2.75, 3.05) is 0 Å². The number of hydrogen-bond donors (Lipinski definition) is 3. The smallest absolute Gasteiger partial charge is 0.132 e. The molecule has 0 amide bonds. The fourth-order valence-electron chi connectivity index (χ4n) is 3.91. The average molecular weight is 332 g/mol. The van der Waals surface area contributed by atoms with Gasteiger partial charge in [-0.1, -0.05) is 13.3 Å². The molecule has 0 bridgehead atoms. The Kier molecular flexibility index (Phi) is 4.17. The molecule has 1 aromatic rings. The lowest BCUT2D eigenvalue weighted by Gasteiger charge is -2.45. The first kappa shape index (κ1) is 17.3. The van der Waals surface area contributed by atoms with Gasteiger partial charge in [-0.05, 0) is 69.7 Å². The zero-order valence-corrected chi connectivity index (χ0v) is 15.0. The maximum Gasteiger partial charge on any atom is 0.132 e. The molecule has 0 radical (unpaired) electrons. The van der Waals surface area contributed by atoms with Crippen LogP contribution in [0.3, 0.4) is 0 Å². The molecule has 2 atom stereocenters. The summed E-state index contributed by atoms with van der Waals surface area (Å²) in [5, 5.41) is 31.9. The van der Waals surface area contributed by atoms with Gasteiger partial charge < -0.3 is 20.1 Å². The van der Waals surface area contributed by atoms with Crippen LogP contribution in [0.15, 0.2) is 17.7 Å². The van der Waals surface area contributed by atoms with Gasteiger partial charge in [0.15, 0.2) is 0 Å². The Bertz CT molecular complexity index is 685. The Morgan fingerprint density at radius 1 is 1.25 bits per heavy atom. The monoisotopic (exact) mass is 332 g/mol. The Morgan fingerprint density at radius 2 is 1.96 bits per heavy atom. The second-order valence-corrected chi connectivity index (χ2v) is 7.86. The molecule has 1 aromatic carbocycles. The van der Waals surface area contributed by atoms with Crippen molar-refractivity contribution in [1.29, 1.82) is 0 Å². The number of aliphatic hydroxyl groups excluding tert-OH is 1. The quantitative estimate of drug-likeness (QED) is 0.791. The van der Waals surface area contributed by atoms with E-state index in [9.17, 15) is 15.3 Å². The summed E-state index contributed by atoms with van der Waals surface area (Å²) in [4.78, 5) is 0. The lowest BCUT2D eigenvalue weighted by atomic mass is 9.70. The van der Waals surface area contributed by atoms with E-state index in [0.29, 0.717) is 29.7 Å². The van der Waals surface area contributed by atoms with Crippen LogP contribution in [-0.2, 0) is 6.42 Å². The molecular weight excluding hydrogens is 304 g/mol. The van der Waals surface area contributed by atoms with Gasteiger partial charge in [0, 0.05) is 5.57 Å². The molecule has 1 aliphatic heterocycles. The fourth-order valence-corrected chi connectivity index (χ4v) is 3.91. The Hall–Kier alpha value is -1.52. The molecule has 2 aliphatic rings. The van der Waals surface area contributed by atoms with E-state index in [1.807, 2.05) is 19.9 Å². The molecule has 3 N–H and O–H groups in total. The molecule has 0 saturated heterocycles. The number of aromatic hydroxyl groups is 1. The number of hydrogen-bond acceptors (Lipinski definition) is 4. The van der Waals surface area contributed by atoms with Crippen LogP contribution >= 0.6 is 0 Å². The minimum atomic E-state index is -1.20. The van der Waals surface area contributed by atoms with E-state index in [4.69, 9.17) is 4.74 Å². The minimum Gasteiger partial charge on any atom is -0.507 e. The summed E-state index contributed by atoms with van der Waals surface area (Å²) < 4.78 is 6.20. The molecular formula is C20H28O4. The van der Waals surface area contributed by atoms with Gasteiger partial charge in [-0.2, -0.15) is 0 Å². The van der Waals surface area contributed by atoms with Crippen LogP contribution < -0.4 is 4.74 Å². The molecule has 1 aliphatic carbocycles. The van der Waals surface area contributed by atoms with E-state index < -0.39 is 17.3 Å². The van der Waals surface area contributed by atoms with E-state index >= 15 is 0 Å². The number of phenols is 1. The predicted molar refractivity (Wildman–Crippen MR) is 94.2 cm³/mol. The molecule has 0 saturated carbocycles. The van der Waals surface area contributed by atoms with Crippen molar-refractivity contribution < 1.29 is 20.1 Å². The minimum absolute atomic E-state index is 0.123. The largest absolute Gasteiger partial charge is 0.507 e. The topological polar surface area (TPSA) is 69.9 Å². The summed E-state index contributed by atoms with van der Waals surface area (Å²) in [7, 11) is 0. The third-order valence-corrected chi connectivity index (χ3v) is 5.39. The van der Waals surface area contributed by atoms with Crippen LogP contribution in [0.1, 0.15) is 64.5 Å². The maximum atomic E-state index is 10.8. The molecule has 0 aromatic heterocycles. The third kappa shape index (κ3) is 2.72. The first-order valence-electron chi connectivity index (χ1n) is 8.86. The highest BCUT2D eigenvalue weighted by atomic mass is 16.5. The van der Waals surface area contributed by atoms with Gasteiger partial charge in [0.05, 0.1) is 11.2 Å². The molecule has 4 heteroatoms. The lowest BCUT2D eigenvalue weighted by molar-refractivity contribution is -0.0476. The van der Waals surface area contributed by atoms with Crippen LogP contribution in [0.5, 0.6) is 11.5 Å². The number of rotatable bonds is 3. The van der Waals surface area contributed by atoms with Gasteiger partial charge in [0.1, 0.15) is 23.2 Å². The zero-order chi connectivity index (χ0) is 17.7. The van der Waals surface area contributed by atoms with Crippen molar-refractivity contribution >= 4 is 5.57 Å². The molecule has 24 heavy (non-hydrogen) atoms. The normalized spacial score (nSPS) is 28.2. The van der Waals surface area contributed by atoms with E-state index in [1.54, 1.807) is 13.0 Å². The summed E-state index contributed by atoms with van der Waals surface area (Å²) in [6.45, 7) is 7.74. The number of fused-ring (bicyclic) bond motifs is 2. The van der Waals surface area contributed by atoms with Gasteiger partial charge in [0.2, 0.25) is 0 Å². The molecule has 0 spiro atoms. The average Bonchev–Trinajstić information content (AvgIpc) is 2.47. The first-order valence-corrected chi connectivity index (χ1v) is 8.86. The van der Waals surface area contributed by atoms with E-state index in [1.165, 1.54) is 0 Å². The Balaban J connectivity index is 2.16. The number of phenolic OH excluding ortho intramolecular Hbond substituents is 1. The molecule has 1 heterocycles. The third-order valence-electron chi connectivity index (χ3n) is 5.39. The van der Waals surface area contributed by atoms with Gasteiger partial charge in [-0.15, -0.1) is 0 Å². The van der Waals surface area contributed by atoms with Crippen LogP contribution in [0.4, 0.5) is 0 Å². The maximum absolute atomic E-state index is 10.8. The van der Waals surface area contributed by atoms with Crippen molar-refractivity contribution in [3.8, 4) is 11.5 Å². The highest BCUT2D eigenvalue weighted by Gasteiger charge is 2.47. The van der Waals surface area contributed by atoms with Gasteiger partial charge >= 0.3 is 0 Å². The van der Waals surface area contributed by atoms with Gasteiger partial charge in [0.25, 0.3) is 0 Å². The van der Waals surface area contributed by atoms with Crippen molar-refractivity contribution in [3.63, 3.8) is 0 Å². The Labute approximate surface area is 143 Å². The zero-order valence-electron chi connectivity index (χ0n) is 15.0. The fraction of sp³-hybridized carbons (Fsp3) is 0.600. The number of aliphatic hydroxyl groups is 2. The SMILES string of the molecule is CCCCc1cc(O)c2c(c1)OC(C)(C)C1=C2[C@H](O)[C@](C)(O)CC1. The van der Waals surface area contributed by atoms with Gasteiger partial charge in [-0.25, -0.2) is 0 Å². The lowest BCUT2D eigenvalue weighted by Crippen LogP contribution is -2.48. The number of benzene rings is 1. The number of aryl methyl sites for hydroxylation is 1. The van der Waals surface area contributed by atoms with Crippen LogP contribution in [-0.4, -0.2) is 32.6 Å². The Morgan fingerprint density at radius 3 is 2.62 bits per heavy atom. The molecule has 4 nitrogen and oxygen atoms in total. The van der Waals surface area contributed by atoms with Crippen LogP contribution in [0.2, 0.25) is 0 Å². The second kappa shape index (κ2) is 5.78. The summed E-state index contributed by atoms with van der Waals surface area (Å²) in [6, 6.07) is 3.73. The van der Waals surface area contributed by atoms with Gasteiger partial charge in [-0.3, -0.25) is 0 Å². The predicted octanol–water partition coefficient (Wildman–Crippen LogP) is 3.57. The standard InChI is InChI=1S/C20H28O4/c1-5-6-7-12-10-14(21)17-15(11-12)24-19(2,3)13-8-9-20(4,23)18(22)16(13)17/h10-11,18,21-23H,5-9H2,1-4H3/t18-,20+/m0/s1. The van der Waals surface area contributed by atoms with E-state index in [-0.39, 0.29) is 5.75 Å². The van der Waals surface area contributed by atoms with Crippen molar-refractivity contribution in [3.05, 3.63) is 28.8 Å². The highest BCUT2D eigenvalue weighted by molar-refractivity contribution is 5.84. The molecule has 0 unspecified atom stereocenters. The molecule has 132 valence electrons. The number of ether oxygens (including phenoxy) is 1. The molecule has 3 rings (SSSR count). The van der Waals surface area contributed by atoms with Crippen molar-refractivity contribution in [2.24, 2.45) is 0 Å². The summed E-state index contributed by atoms with van der Waals surface area (Å²) >= 11 is 0. The van der Waals surface area contributed by atoms with Crippen LogP contribution in [0, 0.1) is 0 Å². The van der Waals surface area contributed by atoms with E-state index in [2.05, 4.69) is 6.92 Å². The van der Waals surface area contributed by atoms with E-state index in [0.717, 1.165) is 30.4 Å². The summed E-state index contributed by atoms with van der Waals surface area (Å²) in [5.41, 5.74) is 1.41. The first-order chi connectivity index (χ1) is 11.2.